The van der Waals surface area contributed by atoms with E-state index in [1.54, 1.807) is 12.1 Å². The van der Waals surface area contributed by atoms with Crippen LogP contribution in [-0.4, -0.2) is 80.8 Å². The highest BCUT2D eigenvalue weighted by atomic mass is 16.5. The molecule has 3 rings (SSSR count). The van der Waals surface area contributed by atoms with Crippen molar-refractivity contribution in [3.63, 3.8) is 0 Å². The molecular weight excluding hydrogens is 368 g/mol. The number of carbonyl (C=O) groups excluding carboxylic acids is 2. The van der Waals surface area contributed by atoms with E-state index in [0.717, 1.165) is 18.7 Å². The van der Waals surface area contributed by atoms with Crippen LogP contribution in [0, 0.1) is 0 Å². The van der Waals surface area contributed by atoms with Crippen LogP contribution in [0.4, 0.5) is 0 Å². The average molecular weight is 390 g/mol. The zero-order valence-electron chi connectivity index (χ0n) is 15.1. The SMILES string of the molecule is O=C(NC(CO)C(=O)Nn1cnnc1)c1cc(O)cc(CN2CCOCC2)c1. The Hall–Kier alpha value is -3.02. The number of phenolic OH excluding ortho intramolecular Hbond substituents is 1. The molecule has 4 N–H and O–H groups in total. The number of hydrogen-bond acceptors (Lipinski definition) is 8. The van der Waals surface area contributed by atoms with Crippen LogP contribution in [0.3, 0.4) is 0 Å². The van der Waals surface area contributed by atoms with Gasteiger partial charge in [0.1, 0.15) is 24.4 Å². The summed E-state index contributed by atoms with van der Waals surface area (Å²) in [4.78, 5) is 26.9. The summed E-state index contributed by atoms with van der Waals surface area (Å²) in [6.45, 7) is 2.80. The molecule has 1 atom stereocenters. The monoisotopic (exact) mass is 390 g/mol. The van der Waals surface area contributed by atoms with E-state index in [4.69, 9.17) is 4.74 Å². The molecule has 1 unspecified atom stereocenters. The number of nitrogens with one attached hydrogen (secondary N) is 2. The van der Waals surface area contributed by atoms with Crippen LogP contribution in [-0.2, 0) is 16.1 Å². The smallest absolute Gasteiger partial charge is 0.263 e. The van der Waals surface area contributed by atoms with Gasteiger partial charge in [0.15, 0.2) is 0 Å². The topological polar surface area (TPSA) is 142 Å². The molecule has 11 nitrogen and oxygen atoms in total. The molecule has 2 amide bonds. The van der Waals surface area contributed by atoms with Gasteiger partial charge in [0.05, 0.1) is 19.8 Å². The van der Waals surface area contributed by atoms with E-state index >= 15 is 0 Å². The largest absolute Gasteiger partial charge is 0.508 e. The molecule has 11 heteroatoms. The molecule has 150 valence electrons. The van der Waals surface area contributed by atoms with Crippen molar-refractivity contribution in [2.45, 2.75) is 12.6 Å². The number of aliphatic hydroxyl groups excluding tert-OH is 1. The van der Waals surface area contributed by atoms with E-state index in [9.17, 15) is 19.8 Å². The Kier molecular flexibility index (Phi) is 6.53. The van der Waals surface area contributed by atoms with E-state index in [-0.39, 0.29) is 11.3 Å². The van der Waals surface area contributed by atoms with Gasteiger partial charge in [-0.15, -0.1) is 10.2 Å². The van der Waals surface area contributed by atoms with E-state index < -0.39 is 24.5 Å². The highest BCUT2D eigenvalue weighted by Crippen LogP contribution is 2.18. The number of hydrogen-bond donors (Lipinski definition) is 4. The Balaban J connectivity index is 1.65. The number of aromatic hydroxyl groups is 1. The molecule has 1 fully saturated rings. The Bertz CT molecular complexity index is 806. The van der Waals surface area contributed by atoms with Crippen molar-refractivity contribution in [2.75, 3.05) is 38.3 Å². The summed E-state index contributed by atoms with van der Waals surface area (Å²) < 4.78 is 6.51. The first-order valence-electron chi connectivity index (χ1n) is 8.75. The molecule has 1 aromatic carbocycles. The van der Waals surface area contributed by atoms with Crippen LogP contribution in [0.5, 0.6) is 5.75 Å². The van der Waals surface area contributed by atoms with Gasteiger partial charge in [0.25, 0.3) is 11.8 Å². The number of amides is 2. The summed E-state index contributed by atoms with van der Waals surface area (Å²) in [5, 5.41) is 29.0. The number of nitrogens with zero attached hydrogens (tertiary/aromatic N) is 4. The highest BCUT2D eigenvalue weighted by Gasteiger charge is 2.22. The average Bonchev–Trinajstić information content (AvgIpc) is 3.19. The Labute approximate surface area is 160 Å². The first-order valence-corrected chi connectivity index (χ1v) is 8.75. The molecule has 2 aromatic rings. The number of phenols is 1. The molecule has 0 bridgehead atoms. The van der Waals surface area contributed by atoms with E-state index in [0.29, 0.717) is 19.8 Å². The van der Waals surface area contributed by atoms with Crippen LogP contribution in [0.25, 0.3) is 0 Å². The van der Waals surface area contributed by atoms with Gasteiger partial charge in [-0.1, -0.05) is 0 Å². The van der Waals surface area contributed by atoms with Gasteiger partial charge in [-0.25, -0.2) is 4.68 Å². The summed E-state index contributed by atoms with van der Waals surface area (Å²) in [5.74, 6) is -1.27. The number of rotatable bonds is 7. The molecule has 1 aliphatic heterocycles. The number of morpholine rings is 1. The Morgan fingerprint density at radius 2 is 1.89 bits per heavy atom. The lowest BCUT2D eigenvalue weighted by molar-refractivity contribution is -0.119. The van der Waals surface area contributed by atoms with Gasteiger partial charge >= 0.3 is 0 Å². The van der Waals surface area contributed by atoms with Crippen molar-refractivity contribution in [2.24, 2.45) is 0 Å². The maximum atomic E-state index is 12.5. The molecule has 1 aromatic heterocycles. The van der Waals surface area contributed by atoms with E-state index in [1.165, 1.54) is 23.4 Å². The lowest BCUT2D eigenvalue weighted by Crippen LogP contribution is -2.47. The molecule has 2 heterocycles. The van der Waals surface area contributed by atoms with Crippen molar-refractivity contribution in [3.05, 3.63) is 42.0 Å². The predicted octanol–water partition coefficient (Wildman–Crippen LogP) is -1.32. The van der Waals surface area contributed by atoms with Gasteiger partial charge in [0, 0.05) is 25.2 Å². The summed E-state index contributed by atoms with van der Waals surface area (Å²) >= 11 is 0. The summed E-state index contributed by atoms with van der Waals surface area (Å²) in [6.07, 6.45) is 2.53. The number of benzene rings is 1. The van der Waals surface area contributed by atoms with Crippen LogP contribution < -0.4 is 10.7 Å². The summed E-state index contributed by atoms with van der Waals surface area (Å²) in [7, 11) is 0. The normalized spacial score (nSPS) is 15.8. The minimum absolute atomic E-state index is 0.0506. The summed E-state index contributed by atoms with van der Waals surface area (Å²) in [5.41, 5.74) is 3.38. The predicted molar refractivity (Wildman–Crippen MR) is 96.9 cm³/mol. The minimum Gasteiger partial charge on any atom is -0.508 e. The standard InChI is InChI=1S/C17H22N6O5/c24-9-15(17(27)21-23-10-18-19-11-23)20-16(26)13-5-12(6-14(25)7-13)8-22-1-3-28-4-2-22/h5-7,10-11,15,24-25H,1-4,8-9H2,(H,20,26)(H,21,27). The highest BCUT2D eigenvalue weighted by molar-refractivity contribution is 5.99. The fourth-order valence-corrected chi connectivity index (χ4v) is 2.81. The Morgan fingerprint density at radius 1 is 1.18 bits per heavy atom. The first kappa shape index (κ1) is 19.7. The maximum absolute atomic E-state index is 12.5. The second-order valence-corrected chi connectivity index (χ2v) is 6.33. The van der Waals surface area contributed by atoms with Gasteiger partial charge < -0.3 is 20.3 Å². The third-order valence-electron chi connectivity index (χ3n) is 4.21. The number of carbonyl (C=O) groups is 2. The molecule has 0 radical (unpaired) electrons. The number of aliphatic hydroxyl groups is 1. The molecule has 0 aliphatic carbocycles. The van der Waals surface area contributed by atoms with Crippen molar-refractivity contribution in [1.29, 1.82) is 0 Å². The fraction of sp³-hybridized carbons (Fsp3) is 0.412. The second-order valence-electron chi connectivity index (χ2n) is 6.33. The lowest BCUT2D eigenvalue weighted by atomic mass is 10.1. The fourth-order valence-electron chi connectivity index (χ4n) is 2.81. The van der Waals surface area contributed by atoms with Gasteiger partial charge in [-0.05, 0) is 23.8 Å². The van der Waals surface area contributed by atoms with Crippen LogP contribution in [0.2, 0.25) is 0 Å². The van der Waals surface area contributed by atoms with Crippen molar-refractivity contribution >= 4 is 11.8 Å². The van der Waals surface area contributed by atoms with Gasteiger partial charge in [0.2, 0.25) is 0 Å². The van der Waals surface area contributed by atoms with Crippen molar-refractivity contribution in [1.82, 2.24) is 25.1 Å². The quantitative estimate of drug-likeness (QED) is 0.456. The van der Waals surface area contributed by atoms with Crippen LogP contribution >= 0.6 is 0 Å². The number of ether oxygens (including phenoxy) is 1. The Morgan fingerprint density at radius 3 is 2.57 bits per heavy atom. The third kappa shape index (κ3) is 5.25. The zero-order valence-corrected chi connectivity index (χ0v) is 15.1. The maximum Gasteiger partial charge on any atom is 0.263 e. The van der Waals surface area contributed by atoms with Crippen LogP contribution in [0.15, 0.2) is 30.9 Å². The van der Waals surface area contributed by atoms with E-state index in [2.05, 4.69) is 25.8 Å². The molecule has 0 saturated carbocycles. The molecule has 0 spiro atoms. The van der Waals surface area contributed by atoms with Crippen molar-refractivity contribution < 1.29 is 24.5 Å². The van der Waals surface area contributed by atoms with Crippen molar-refractivity contribution in [3.8, 4) is 5.75 Å². The molecule has 1 aliphatic rings. The van der Waals surface area contributed by atoms with E-state index in [1.807, 2.05) is 0 Å². The van der Waals surface area contributed by atoms with Gasteiger partial charge in [-0.3, -0.25) is 19.9 Å². The molecule has 1 saturated heterocycles. The lowest BCUT2D eigenvalue weighted by Gasteiger charge is -2.26. The second kappa shape index (κ2) is 9.26. The minimum atomic E-state index is -1.18. The molecular formula is C17H22N6O5. The summed E-state index contributed by atoms with van der Waals surface area (Å²) in [6, 6.07) is 3.37. The van der Waals surface area contributed by atoms with Crippen LogP contribution in [0.1, 0.15) is 15.9 Å². The first-order chi connectivity index (χ1) is 13.5. The zero-order chi connectivity index (χ0) is 19.9. The number of aromatic nitrogens is 3. The third-order valence-corrected chi connectivity index (χ3v) is 4.21. The molecule has 28 heavy (non-hydrogen) atoms. The van der Waals surface area contributed by atoms with Gasteiger partial charge in [-0.2, -0.15) is 0 Å².